The molecule has 0 aliphatic carbocycles. The normalized spacial score (nSPS) is 10.9. The molecule has 3 aromatic carbocycles. The van der Waals surface area contributed by atoms with Gasteiger partial charge in [-0.25, -0.2) is 4.79 Å². The monoisotopic (exact) mass is 288 g/mol. The van der Waals surface area contributed by atoms with Crippen LogP contribution in [0.3, 0.4) is 0 Å². The molecule has 0 atom stereocenters. The zero-order valence-corrected chi connectivity index (χ0v) is 11.7. The molecule has 0 amide bonds. The minimum atomic E-state index is -0.494. The molecule has 106 valence electrons. The minimum absolute atomic E-state index is 0.203. The van der Waals surface area contributed by atoms with Gasteiger partial charge in [0.05, 0.1) is 0 Å². The average molecular weight is 288 g/mol. The number of fused-ring (bicyclic) bond motifs is 2. The second kappa shape index (κ2) is 5.04. The zero-order valence-electron chi connectivity index (χ0n) is 11.7. The molecule has 0 spiro atoms. The molecule has 0 radical (unpaired) electrons. The summed E-state index contributed by atoms with van der Waals surface area (Å²) < 4.78 is 10.9. The molecule has 1 heterocycles. The summed E-state index contributed by atoms with van der Waals surface area (Å²) in [6.07, 6.45) is 0. The van der Waals surface area contributed by atoms with Gasteiger partial charge in [0.2, 0.25) is 5.76 Å². The van der Waals surface area contributed by atoms with Crippen LogP contribution < -0.4 is 4.74 Å². The van der Waals surface area contributed by atoms with E-state index in [2.05, 4.69) is 0 Å². The van der Waals surface area contributed by atoms with Crippen LogP contribution in [-0.2, 0) is 0 Å². The number of carbonyl (C=O) groups excluding carboxylic acids is 1. The molecule has 0 saturated heterocycles. The number of rotatable bonds is 2. The van der Waals surface area contributed by atoms with E-state index in [1.165, 1.54) is 0 Å². The summed E-state index contributed by atoms with van der Waals surface area (Å²) >= 11 is 0. The van der Waals surface area contributed by atoms with Crippen LogP contribution in [0.15, 0.2) is 77.2 Å². The predicted molar refractivity (Wildman–Crippen MR) is 85.1 cm³/mol. The summed E-state index contributed by atoms with van der Waals surface area (Å²) in [4.78, 5) is 12.2. The number of hydrogen-bond acceptors (Lipinski definition) is 3. The molecule has 0 fully saturated rings. The van der Waals surface area contributed by atoms with E-state index in [1.54, 1.807) is 12.1 Å². The van der Waals surface area contributed by atoms with Gasteiger partial charge < -0.3 is 9.15 Å². The highest BCUT2D eigenvalue weighted by molar-refractivity contribution is 5.94. The highest BCUT2D eigenvalue weighted by Gasteiger charge is 2.14. The number of ether oxygens (including phenoxy) is 1. The maximum atomic E-state index is 12.2. The minimum Gasteiger partial charge on any atom is -0.449 e. The van der Waals surface area contributed by atoms with Gasteiger partial charge in [0, 0.05) is 5.39 Å². The van der Waals surface area contributed by atoms with Gasteiger partial charge in [-0.1, -0.05) is 48.5 Å². The first-order valence-corrected chi connectivity index (χ1v) is 6.99. The lowest BCUT2D eigenvalue weighted by atomic mass is 10.1. The number of carbonyl (C=O) groups is 1. The van der Waals surface area contributed by atoms with Crippen LogP contribution in [0.25, 0.3) is 21.7 Å². The van der Waals surface area contributed by atoms with E-state index in [9.17, 15) is 4.79 Å². The number of benzene rings is 3. The van der Waals surface area contributed by atoms with E-state index in [-0.39, 0.29) is 5.76 Å². The number of para-hydroxylation sites is 1. The Morgan fingerprint density at radius 1 is 0.773 bits per heavy atom. The standard InChI is InChI=1S/C19H12O3/c20-19(18-12-15-7-3-4-8-17(15)22-18)21-16-10-9-13-5-1-2-6-14(13)11-16/h1-12H. The zero-order chi connectivity index (χ0) is 14.9. The highest BCUT2D eigenvalue weighted by Crippen LogP contribution is 2.23. The van der Waals surface area contributed by atoms with Crippen molar-refractivity contribution in [3.05, 3.63) is 78.6 Å². The van der Waals surface area contributed by atoms with Crippen LogP contribution in [0.2, 0.25) is 0 Å². The predicted octanol–water partition coefficient (Wildman–Crippen LogP) is 4.81. The Bertz CT molecular complexity index is 949. The van der Waals surface area contributed by atoms with Gasteiger partial charge in [-0.15, -0.1) is 0 Å². The Morgan fingerprint density at radius 2 is 1.50 bits per heavy atom. The third kappa shape index (κ3) is 2.23. The van der Waals surface area contributed by atoms with Gasteiger partial charge in [-0.05, 0) is 35.0 Å². The number of hydrogen-bond donors (Lipinski definition) is 0. The smallest absolute Gasteiger partial charge is 0.379 e. The first-order chi connectivity index (χ1) is 10.8. The highest BCUT2D eigenvalue weighted by atomic mass is 16.5. The van der Waals surface area contributed by atoms with Crippen molar-refractivity contribution >= 4 is 27.7 Å². The molecule has 22 heavy (non-hydrogen) atoms. The first-order valence-electron chi connectivity index (χ1n) is 6.99. The summed E-state index contributed by atoms with van der Waals surface area (Å²) in [6, 6.07) is 22.6. The molecule has 4 rings (SSSR count). The van der Waals surface area contributed by atoms with Gasteiger partial charge in [0.1, 0.15) is 11.3 Å². The molecular weight excluding hydrogens is 276 g/mol. The fourth-order valence-electron chi connectivity index (χ4n) is 2.47. The Kier molecular flexibility index (Phi) is 2.90. The molecule has 0 aliphatic rings. The van der Waals surface area contributed by atoms with Crippen molar-refractivity contribution < 1.29 is 13.9 Å². The Hall–Kier alpha value is -3.07. The van der Waals surface area contributed by atoms with Gasteiger partial charge in [-0.3, -0.25) is 0 Å². The molecule has 1 aromatic heterocycles. The van der Waals surface area contributed by atoms with Crippen molar-refractivity contribution in [1.82, 2.24) is 0 Å². The fraction of sp³-hybridized carbons (Fsp3) is 0. The van der Waals surface area contributed by atoms with E-state index in [0.29, 0.717) is 11.3 Å². The van der Waals surface area contributed by atoms with Gasteiger partial charge in [0.15, 0.2) is 0 Å². The van der Waals surface area contributed by atoms with Crippen LogP contribution >= 0.6 is 0 Å². The van der Waals surface area contributed by atoms with Crippen molar-refractivity contribution in [2.45, 2.75) is 0 Å². The van der Waals surface area contributed by atoms with Gasteiger partial charge in [0.25, 0.3) is 0 Å². The lowest BCUT2D eigenvalue weighted by molar-refractivity contribution is 0.0704. The summed E-state index contributed by atoms with van der Waals surface area (Å²) in [6.45, 7) is 0. The molecular formula is C19H12O3. The van der Waals surface area contributed by atoms with E-state index in [0.717, 1.165) is 16.2 Å². The molecule has 0 unspecified atom stereocenters. The third-order valence-corrected chi connectivity index (χ3v) is 3.56. The second-order valence-electron chi connectivity index (χ2n) is 5.05. The first kappa shape index (κ1) is 12.7. The maximum absolute atomic E-state index is 12.2. The summed E-state index contributed by atoms with van der Waals surface area (Å²) in [5.41, 5.74) is 0.674. The maximum Gasteiger partial charge on any atom is 0.379 e. The van der Waals surface area contributed by atoms with E-state index < -0.39 is 5.97 Å². The van der Waals surface area contributed by atoms with Crippen molar-refractivity contribution in [3.63, 3.8) is 0 Å². The second-order valence-corrected chi connectivity index (χ2v) is 5.05. The van der Waals surface area contributed by atoms with Gasteiger partial charge in [-0.2, -0.15) is 0 Å². The summed E-state index contributed by atoms with van der Waals surface area (Å²) in [5.74, 6) is 0.213. The quantitative estimate of drug-likeness (QED) is 0.392. The number of furan rings is 1. The van der Waals surface area contributed by atoms with Crippen LogP contribution in [0, 0.1) is 0 Å². The molecule has 3 nitrogen and oxygen atoms in total. The van der Waals surface area contributed by atoms with Crippen molar-refractivity contribution in [1.29, 1.82) is 0 Å². The molecule has 0 saturated carbocycles. The van der Waals surface area contributed by atoms with E-state index in [4.69, 9.17) is 9.15 Å². The van der Waals surface area contributed by atoms with Gasteiger partial charge >= 0.3 is 5.97 Å². The summed E-state index contributed by atoms with van der Waals surface area (Å²) in [7, 11) is 0. The molecule has 3 heteroatoms. The van der Waals surface area contributed by atoms with Crippen molar-refractivity contribution in [2.75, 3.05) is 0 Å². The van der Waals surface area contributed by atoms with Crippen LogP contribution in [0.4, 0.5) is 0 Å². The summed E-state index contributed by atoms with van der Waals surface area (Å²) in [5, 5.41) is 3.01. The molecule has 0 aliphatic heterocycles. The Balaban J connectivity index is 1.64. The third-order valence-electron chi connectivity index (χ3n) is 3.56. The van der Waals surface area contributed by atoms with Crippen LogP contribution in [0.1, 0.15) is 10.6 Å². The van der Waals surface area contributed by atoms with E-state index >= 15 is 0 Å². The lowest BCUT2D eigenvalue weighted by Crippen LogP contribution is -2.06. The van der Waals surface area contributed by atoms with Crippen molar-refractivity contribution in [3.8, 4) is 5.75 Å². The molecule has 0 bridgehead atoms. The van der Waals surface area contributed by atoms with Crippen molar-refractivity contribution in [2.24, 2.45) is 0 Å². The number of esters is 1. The molecule has 0 N–H and O–H groups in total. The Labute approximate surface area is 126 Å². The van der Waals surface area contributed by atoms with E-state index in [1.807, 2.05) is 60.7 Å². The lowest BCUT2D eigenvalue weighted by Gasteiger charge is -2.04. The largest absolute Gasteiger partial charge is 0.449 e. The Morgan fingerprint density at radius 3 is 2.32 bits per heavy atom. The van der Waals surface area contributed by atoms with Crippen LogP contribution in [0.5, 0.6) is 5.75 Å². The molecule has 4 aromatic rings. The van der Waals surface area contributed by atoms with Crippen LogP contribution in [-0.4, -0.2) is 5.97 Å². The fourth-order valence-corrected chi connectivity index (χ4v) is 2.47. The SMILES string of the molecule is O=C(Oc1ccc2ccccc2c1)c1cc2ccccc2o1. The average Bonchev–Trinajstić information content (AvgIpc) is 2.99. The topological polar surface area (TPSA) is 39.4 Å².